The van der Waals surface area contributed by atoms with Gasteiger partial charge in [-0.15, -0.1) is 0 Å². The number of ether oxygens (including phenoxy) is 1. The number of rotatable bonds is 7. The van der Waals surface area contributed by atoms with Crippen molar-refractivity contribution in [2.75, 3.05) is 19.8 Å². The Morgan fingerprint density at radius 2 is 2.10 bits per heavy atom. The van der Waals surface area contributed by atoms with Gasteiger partial charge in [-0.25, -0.2) is 9.59 Å². The van der Waals surface area contributed by atoms with E-state index in [2.05, 4.69) is 10.6 Å². The highest BCUT2D eigenvalue weighted by atomic mass is 35.5. The van der Waals surface area contributed by atoms with Crippen LogP contribution in [0.5, 0.6) is 0 Å². The molecule has 1 atom stereocenters. The molecule has 7 heteroatoms. The number of aliphatic carboxylic acids is 1. The van der Waals surface area contributed by atoms with Gasteiger partial charge in [0, 0.05) is 23.7 Å². The molecule has 0 aliphatic rings. The molecule has 1 rings (SSSR count). The summed E-state index contributed by atoms with van der Waals surface area (Å²) in [6, 6.07) is 4.69. The topological polar surface area (TPSA) is 87.7 Å². The number of hydrogen-bond donors (Lipinski definition) is 3. The van der Waals surface area contributed by atoms with E-state index in [0.29, 0.717) is 25.3 Å². The molecule has 110 valence electrons. The molecule has 6 nitrogen and oxygen atoms in total. The maximum absolute atomic E-state index is 11.6. The molecular weight excluding hydrogens is 284 g/mol. The van der Waals surface area contributed by atoms with Crippen LogP contribution < -0.4 is 10.6 Å². The van der Waals surface area contributed by atoms with Crippen molar-refractivity contribution in [3.8, 4) is 0 Å². The second-order valence-corrected chi connectivity index (χ2v) is 4.30. The first kappa shape index (κ1) is 16.3. The Morgan fingerprint density at radius 3 is 2.70 bits per heavy atom. The predicted molar refractivity (Wildman–Crippen MR) is 74.9 cm³/mol. The number of carboxylic acid groups (broad SMARTS) is 1. The molecular formula is C13H17ClN2O4. The molecule has 0 unspecified atom stereocenters. The molecule has 0 saturated heterocycles. The molecule has 0 spiro atoms. The maximum Gasteiger partial charge on any atom is 0.331 e. The van der Waals surface area contributed by atoms with E-state index in [1.54, 1.807) is 24.3 Å². The second-order valence-electron chi connectivity index (χ2n) is 3.89. The van der Waals surface area contributed by atoms with Crippen LogP contribution in [0.3, 0.4) is 0 Å². The van der Waals surface area contributed by atoms with E-state index in [0.717, 1.165) is 0 Å². The summed E-state index contributed by atoms with van der Waals surface area (Å²) in [5, 5.41) is 14.3. The maximum atomic E-state index is 11.6. The Kier molecular flexibility index (Phi) is 6.83. The minimum absolute atomic E-state index is 0.287. The van der Waals surface area contributed by atoms with E-state index in [4.69, 9.17) is 16.3 Å². The first-order chi connectivity index (χ1) is 9.56. The standard InChI is InChI=1S/C13H17ClN2O4/c1-2-20-8-7-15-13(19)16-11(12(17)18)9-5-3-4-6-10(9)14/h3-6,11H,2,7-8H2,1H3,(H,17,18)(H2,15,16,19)/t11-/m1/s1. The molecule has 1 aromatic carbocycles. The first-order valence-electron chi connectivity index (χ1n) is 6.15. The largest absolute Gasteiger partial charge is 0.479 e. The predicted octanol–water partition coefficient (Wildman–Crippen LogP) is 1.80. The summed E-state index contributed by atoms with van der Waals surface area (Å²) in [7, 11) is 0. The lowest BCUT2D eigenvalue weighted by Gasteiger charge is -2.16. The molecule has 0 aromatic heterocycles. The van der Waals surface area contributed by atoms with Crippen LogP contribution in [0, 0.1) is 0 Å². The van der Waals surface area contributed by atoms with Gasteiger partial charge in [0.25, 0.3) is 0 Å². The van der Waals surface area contributed by atoms with Crippen LogP contribution in [0.1, 0.15) is 18.5 Å². The van der Waals surface area contributed by atoms with Crippen LogP contribution in [-0.4, -0.2) is 36.9 Å². The molecule has 3 N–H and O–H groups in total. The summed E-state index contributed by atoms with van der Waals surface area (Å²) in [5.41, 5.74) is 0.335. The van der Waals surface area contributed by atoms with Crippen LogP contribution in [0.4, 0.5) is 4.79 Å². The Morgan fingerprint density at radius 1 is 1.40 bits per heavy atom. The van der Waals surface area contributed by atoms with Gasteiger partial charge >= 0.3 is 12.0 Å². The van der Waals surface area contributed by atoms with Gasteiger partial charge in [0.15, 0.2) is 6.04 Å². The van der Waals surface area contributed by atoms with Crippen molar-refractivity contribution < 1.29 is 19.4 Å². The first-order valence-corrected chi connectivity index (χ1v) is 6.53. The summed E-state index contributed by atoms with van der Waals surface area (Å²) in [6.45, 7) is 3.07. The summed E-state index contributed by atoms with van der Waals surface area (Å²) in [6.07, 6.45) is 0. The number of carboxylic acids is 1. The fourth-order valence-corrected chi connectivity index (χ4v) is 1.79. The minimum Gasteiger partial charge on any atom is -0.479 e. The van der Waals surface area contributed by atoms with Crippen molar-refractivity contribution >= 4 is 23.6 Å². The van der Waals surface area contributed by atoms with Gasteiger partial charge in [0.1, 0.15) is 0 Å². The normalized spacial score (nSPS) is 11.7. The Hall–Kier alpha value is -1.79. The fraction of sp³-hybridized carbons (Fsp3) is 0.385. The Balaban J connectivity index is 2.62. The van der Waals surface area contributed by atoms with Crippen LogP contribution in [0.2, 0.25) is 5.02 Å². The van der Waals surface area contributed by atoms with E-state index in [1.165, 1.54) is 0 Å². The lowest BCUT2D eigenvalue weighted by Crippen LogP contribution is -2.42. The molecule has 0 fully saturated rings. The van der Waals surface area contributed by atoms with Crippen LogP contribution in [0.15, 0.2) is 24.3 Å². The lowest BCUT2D eigenvalue weighted by molar-refractivity contribution is -0.139. The molecule has 0 aliphatic carbocycles. The molecule has 1 aromatic rings. The average molecular weight is 301 g/mol. The summed E-state index contributed by atoms with van der Waals surface area (Å²) in [5.74, 6) is -1.18. The fourth-order valence-electron chi connectivity index (χ4n) is 1.54. The zero-order valence-corrected chi connectivity index (χ0v) is 11.8. The minimum atomic E-state index is -1.20. The average Bonchev–Trinajstić information content (AvgIpc) is 2.42. The number of halogens is 1. The number of amides is 2. The van der Waals surface area contributed by atoms with Crippen molar-refractivity contribution in [3.63, 3.8) is 0 Å². The van der Waals surface area contributed by atoms with Gasteiger partial charge in [0.05, 0.1) is 6.61 Å². The van der Waals surface area contributed by atoms with Crippen LogP contribution in [0.25, 0.3) is 0 Å². The molecule has 0 aliphatic heterocycles. The van der Waals surface area contributed by atoms with Crippen molar-refractivity contribution in [3.05, 3.63) is 34.9 Å². The van der Waals surface area contributed by atoms with E-state index < -0.39 is 18.0 Å². The number of nitrogens with one attached hydrogen (secondary N) is 2. The highest BCUT2D eigenvalue weighted by molar-refractivity contribution is 6.31. The van der Waals surface area contributed by atoms with E-state index in [-0.39, 0.29) is 5.02 Å². The highest BCUT2D eigenvalue weighted by Gasteiger charge is 2.23. The monoisotopic (exact) mass is 300 g/mol. The lowest BCUT2D eigenvalue weighted by atomic mass is 10.1. The third-order valence-electron chi connectivity index (χ3n) is 2.47. The van der Waals surface area contributed by atoms with Crippen molar-refractivity contribution in [2.45, 2.75) is 13.0 Å². The third kappa shape index (κ3) is 5.07. The van der Waals surface area contributed by atoms with Gasteiger partial charge in [-0.2, -0.15) is 0 Å². The van der Waals surface area contributed by atoms with E-state index >= 15 is 0 Å². The zero-order valence-electron chi connectivity index (χ0n) is 11.1. The van der Waals surface area contributed by atoms with Gasteiger partial charge in [0.2, 0.25) is 0 Å². The molecule has 0 bridgehead atoms. The van der Waals surface area contributed by atoms with Crippen LogP contribution >= 0.6 is 11.6 Å². The van der Waals surface area contributed by atoms with Gasteiger partial charge in [-0.1, -0.05) is 29.8 Å². The zero-order chi connectivity index (χ0) is 15.0. The number of urea groups is 1. The summed E-state index contributed by atoms with van der Waals surface area (Å²) < 4.78 is 5.06. The molecule has 0 saturated carbocycles. The SMILES string of the molecule is CCOCCNC(=O)N[C@@H](C(=O)O)c1ccccc1Cl. The number of carbonyl (C=O) groups excluding carboxylic acids is 1. The molecule has 20 heavy (non-hydrogen) atoms. The molecule has 0 heterocycles. The molecule has 2 amide bonds. The van der Waals surface area contributed by atoms with Crippen molar-refractivity contribution in [2.24, 2.45) is 0 Å². The van der Waals surface area contributed by atoms with Crippen molar-refractivity contribution in [1.82, 2.24) is 10.6 Å². The number of benzene rings is 1. The van der Waals surface area contributed by atoms with E-state index in [1.807, 2.05) is 6.92 Å². The third-order valence-corrected chi connectivity index (χ3v) is 2.82. The van der Waals surface area contributed by atoms with Gasteiger partial charge in [-0.05, 0) is 13.0 Å². The smallest absolute Gasteiger partial charge is 0.331 e. The number of hydrogen-bond acceptors (Lipinski definition) is 3. The summed E-state index contributed by atoms with van der Waals surface area (Å²) in [4.78, 5) is 22.9. The quantitative estimate of drug-likeness (QED) is 0.670. The van der Waals surface area contributed by atoms with E-state index in [9.17, 15) is 14.7 Å². The highest BCUT2D eigenvalue weighted by Crippen LogP contribution is 2.22. The summed E-state index contributed by atoms with van der Waals surface area (Å²) >= 11 is 5.94. The van der Waals surface area contributed by atoms with Gasteiger partial charge < -0.3 is 20.5 Å². The number of carbonyl (C=O) groups is 2. The van der Waals surface area contributed by atoms with Gasteiger partial charge in [-0.3, -0.25) is 0 Å². The van der Waals surface area contributed by atoms with Crippen molar-refractivity contribution in [1.29, 1.82) is 0 Å². The molecule has 0 radical (unpaired) electrons. The Labute approximate surface area is 122 Å². The second kappa shape index (κ2) is 8.39. The Bertz CT molecular complexity index is 467. The van der Waals surface area contributed by atoms with Crippen LogP contribution in [-0.2, 0) is 9.53 Å².